The van der Waals surface area contributed by atoms with Crippen LogP contribution in [0.15, 0.2) is 48.7 Å². The van der Waals surface area contributed by atoms with Crippen LogP contribution in [0.1, 0.15) is 16.7 Å². The molecule has 1 aromatic heterocycles. The second kappa shape index (κ2) is 4.81. The van der Waals surface area contributed by atoms with Crippen LogP contribution in [-0.2, 0) is 6.54 Å². The van der Waals surface area contributed by atoms with Gasteiger partial charge in [0.25, 0.3) is 0 Å². The van der Waals surface area contributed by atoms with Gasteiger partial charge in [0, 0.05) is 29.3 Å². The van der Waals surface area contributed by atoms with E-state index in [2.05, 4.69) is 66.6 Å². The molecule has 0 fully saturated rings. The molecule has 0 spiro atoms. The summed E-state index contributed by atoms with van der Waals surface area (Å²) in [6.07, 6.45) is 1.99. The molecule has 19 heavy (non-hydrogen) atoms. The van der Waals surface area contributed by atoms with Gasteiger partial charge in [0.1, 0.15) is 0 Å². The van der Waals surface area contributed by atoms with E-state index in [1.165, 1.54) is 33.3 Å². The van der Waals surface area contributed by atoms with Crippen molar-refractivity contribution in [3.63, 3.8) is 0 Å². The number of fused-ring (bicyclic) bond motifs is 1. The molecule has 0 aliphatic carbocycles. The maximum atomic E-state index is 3.54. The summed E-state index contributed by atoms with van der Waals surface area (Å²) in [6.45, 7) is 5.15. The Morgan fingerprint density at radius 3 is 2.74 bits per heavy atom. The number of rotatable bonds is 3. The summed E-state index contributed by atoms with van der Waals surface area (Å²) in [4.78, 5) is 3.25. The Kier molecular flexibility index (Phi) is 3.00. The van der Waals surface area contributed by atoms with Crippen molar-refractivity contribution in [2.45, 2.75) is 20.4 Å². The second-order valence-corrected chi connectivity index (χ2v) is 4.96. The van der Waals surface area contributed by atoms with Gasteiger partial charge in [-0.25, -0.2) is 0 Å². The quantitative estimate of drug-likeness (QED) is 0.708. The second-order valence-electron chi connectivity index (χ2n) is 4.96. The largest absolute Gasteiger partial charge is 0.381 e. The van der Waals surface area contributed by atoms with Crippen molar-refractivity contribution in [2.24, 2.45) is 0 Å². The van der Waals surface area contributed by atoms with Gasteiger partial charge in [0.2, 0.25) is 0 Å². The third-order valence-electron chi connectivity index (χ3n) is 3.76. The van der Waals surface area contributed by atoms with E-state index in [0.717, 1.165) is 6.54 Å². The van der Waals surface area contributed by atoms with Gasteiger partial charge in [-0.3, -0.25) is 0 Å². The van der Waals surface area contributed by atoms with E-state index in [4.69, 9.17) is 0 Å². The summed E-state index contributed by atoms with van der Waals surface area (Å²) in [5.41, 5.74) is 6.38. The average molecular weight is 250 g/mol. The van der Waals surface area contributed by atoms with Crippen LogP contribution < -0.4 is 5.32 Å². The van der Waals surface area contributed by atoms with E-state index in [9.17, 15) is 0 Å². The first-order valence-electron chi connectivity index (χ1n) is 6.61. The van der Waals surface area contributed by atoms with Crippen molar-refractivity contribution in [3.05, 3.63) is 65.4 Å². The van der Waals surface area contributed by atoms with E-state index in [1.807, 2.05) is 6.20 Å². The van der Waals surface area contributed by atoms with Crippen molar-refractivity contribution in [2.75, 3.05) is 5.32 Å². The van der Waals surface area contributed by atoms with Crippen molar-refractivity contribution in [1.29, 1.82) is 0 Å². The lowest BCUT2D eigenvalue weighted by Crippen LogP contribution is -2.02. The minimum Gasteiger partial charge on any atom is -0.381 e. The zero-order chi connectivity index (χ0) is 13.2. The minimum atomic E-state index is 0.847. The van der Waals surface area contributed by atoms with Crippen LogP contribution in [-0.4, -0.2) is 4.98 Å². The highest BCUT2D eigenvalue weighted by atomic mass is 14.9. The number of aromatic nitrogens is 1. The molecule has 2 N–H and O–H groups in total. The maximum Gasteiger partial charge on any atom is 0.0457 e. The lowest BCUT2D eigenvalue weighted by Gasteiger charge is -2.12. The van der Waals surface area contributed by atoms with Gasteiger partial charge < -0.3 is 10.3 Å². The van der Waals surface area contributed by atoms with E-state index >= 15 is 0 Å². The summed E-state index contributed by atoms with van der Waals surface area (Å²) in [6, 6.07) is 14.9. The fraction of sp³-hybridized carbons (Fsp3) is 0.176. The molecule has 2 heteroatoms. The molecule has 96 valence electrons. The normalized spacial score (nSPS) is 10.8. The smallest absolute Gasteiger partial charge is 0.0457 e. The summed E-state index contributed by atoms with van der Waals surface area (Å²) in [5.74, 6) is 0. The topological polar surface area (TPSA) is 27.8 Å². The van der Waals surface area contributed by atoms with Gasteiger partial charge in [-0.2, -0.15) is 0 Å². The summed E-state index contributed by atoms with van der Waals surface area (Å²) < 4.78 is 0. The molecule has 0 bridgehead atoms. The minimum absolute atomic E-state index is 0.847. The predicted octanol–water partition coefficient (Wildman–Crippen LogP) is 4.40. The lowest BCUT2D eigenvalue weighted by molar-refractivity contribution is 1.15. The summed E-state index contributed by atoms with van der Waals surface area (Å²) in [7, 11) is 0. The highest BCUT2D eigenvalue weighted by Gasteiger charge is 2.03. The van der Waals surface area contributed by atoms with Crippen LogP contribution in [0.2, 0.25) is 0 Å². The summed E-state index contributed by atoms with van der Waals surface area (Å²) >= 11 is 0. The van der Waals surface area contributed by atoms with Crippen molar-refractivity contribution in [1.82, 2.24) is 4.98 Å². The number of nitrogens with one attached hydrogen (secondary N) is 2. The standard InChI is InChI=1S/C17H18N2/c1-12-5-3-7-16(13(12)2)19-11-14-6-4-8-17-15(14)9-10-18-17/h3-10,18-19H,11H2,1-2H3. The van der Waals surface area contributed by atoms with Gasteiger partial charge in [0.15, 0.2) is 0 Å². The average Bonchev–Trinajstić information content (AvgIpc) is 2.89. The van der Waals surface area contributed by atoms with Gasteiger partial charge in [0.05, 0.1) is 0 Å². The third-order valence-corrected chi connectivity index (χ3v) is 3.76. The molecular formula is C17H18N2. The Hall–Kier alpha value is -2.22. The van der Waals surface area contributed by atoms with Crippen LogP contribution >= 0.6 is 0 Å². The molecule has 0 aliphatic rings. The molecule has 0 unspecified atom stereocenters. The van der Waals surface area contributed by atoms with E-state index in [1.54, 1.807) is 0 Å². The van der Waals surface area contributed by atoms with Gasteiger partial charge in [-0.15, -0.1) is 0 Å². The van der Waals surface area contributed by atoms with Crippen LogP contribution in [0.25, 0.3) is 10.9 Å². The first-order valence-corrected chi connectivity index (χ1v) is 6.61. The Labute approximate surface area is 113 Å². The molecule has 0 amide bonds. The van der Waals surface area contributed by atoms with Crippen LogP contribution in [0.5, 0.6) is 0 Å². The van der Waals surface area contributed by atoms with Gasteiger partial charge in [-0.05, 0) is 48.7 Å². The van der Waals surface area contributed by atoms with Crippen LogP contribution in [0.3, 0.4) is 0 Å². The maximum absolute atomic E-state index is 3.54. The molecule has 0 atom stereocenters. The SMILES string of the molecule is Cc1cccc(NCc2cccc3[nH]ccc23)c1C. The number of aromatic amines is 1. The molecule has 0 saturated carbocycles. The van der Waals surface area contributed by atoms with Gasteiger partial charge >= 0.3 is 0 Å². The third kappa shape index (κ3) is 2.22. The molecule has 0 saturated heterocycles. The van der Waals surface area contributed by atoms with E-state index < -0.39 is 0 Å². The lowest BCUT2D eigenvalue weighted by atomic mass is 10.1. The number of benzene rings is 2. The van der Waals surface area contributed by atoms with Crippen LogP contribution in [0.4, 0.5) is 5.69 Å². The number of anilines is 1. The Bertz CT molecular complexity index is 710. The molecule has 1 heterocycles. The molecule has 0 aliphatic heterocycles. The molecule has 2 aromatic carbocycles. The molecule has 3 rings (SSSR count). The van der Waals surface area contributed by atoms with Crippen LogP contribution in [0, 0.1) is 13.8 Å². The fourth-order valence-corrected chi connectivity index (χ4v) is 2.44. The van der Waals surface area contributed by atoms with Crippen molar-refractivity contribution < 1.29 is 0 Å². The van der Waals surface area contributed by atoms with E-state index in [0.29, 0.717) is 0 Å². The first-order chi connectivity index (χ1) is 9.25. The molecule has 2 nitrogen and oxygen atoms in total. The predicted molar refractivity (Wildman–Crippen MR) is 81.5 cm³/mol. The number of hydrogen-bond acceptors (Lipinski definition) is 1. The Morgan fingerprint density at radius 2 is 1.84 bits per heavy atom. The fourth-order valence-electron chi connectivity index (χ4n) is 2.44. The molecular weight excluding hydrogens is 232 g/mol. The molecule has 0 radical (unpaired) electrons. The van der Waals surface area contributed by atoms with Crippen molar-refractivity contribution >= 4 is 16.6 Å². The monoisotopic (exact) mass is 250 g/mol. The zero-order valence-corrected chi connectivity index (χ0v) is 11.3. The highest BCUT2D eigenvalue weighted by Crippen LogP contribution is 2.21. The number of H-pyrrole nitrogens is 1. The van der Waals surface area contributed by atoms with Crippen molar-refractivity contribution in [3.8, 4) is 0 Å². The van der Waals surface area contributed by atoms with E-state index in [-0.39, 0.29) is 0 Å². The summed E-state index contributed by atoms with van der Waals surface area (Å²) in [5, 5.41) is 4.83. The highest BCUT2D eigenvalue weighted by molar-refractivity contribution is 5.83. The van der Waals surface area contributed by atoms with Gasteiger partial charge in [-0.1, -0.05) is 24.3 Å². The molecule has 3 aromatic rings. The number of hydrogen-bond donors (Lipinski definition) is 2. The Morgan fingerprint density at radius 1 is 1.00 bits per heavy atom. The zero-order valence-electron chi connectivity index (χ0n) is 11.3. The Balaban J connectivity index is 1.86. The number of aryl methyl sites for hydroxylation is 1. The first kappa shape index (κ1) is 11.8.